The predicted molar refractivity (Wildman–Crippen MR) is 181 cm³/mol. The molecule has 0 spiro atoms. The van der Waals surface area contributed by atoms with Gasteiger partial charge in [0.15, 0.2) is 11.5 Å². The van der Waals surface area contributed by atoms with E-state index >= 15 is 0 Å². The minimum absolute atomic E-state index is 0.0488. The molecule has 4 aromatic rings. The Morgan fingerprint density at radius 3 is 1.94 bits per heavy atom. The van der Waals surface area contributed by atoms with Crippen LogP contribution >= 0.6 is 0 Å². The van der Waals surface area contributed by atoms with Crippen LogP contribution in [0, 0.1) is 0 Å². The highest BCUT2D eigenvalue weighted by Gasteiger charge is 2.47. The normalized spacial score (nSPS) is 29.0. The monoisotopic (exact) mass is 743 g/mol. The quantitative estimate of drug-likeness (QED) is 0.0560. The van der Waals surface area contributed by atoms with Crippen molar-refractivity contribution >= 4 is 17.0 Å². The molecule has 2 fully saturated rings. The summed E-state index contributed by atoms with van der Waals surface area (Å²) in [5.41, 5.74) is 0.859. The van der Waals surface area contributed by atoms with Gasteiger partial charge in [-0.25, -0.2) is 4.42 Å². The number of benzene rings is 3. The molecule has 0 bridgehead atoms. The fraction of sp³-hybridized carbons (Fsp3) is 0.361. The maximum absolute atomic E-state index is 10.9. The number of phenols is 4. The molecule has 2 saturated heterocycles. The molecule has 17 nitrogen and oxygen atoms in total. The van der Waals surface area contributed by atoms with Crippen LogP contribution in [-0.2, 0) is 14.2 Å². The van der Waals surface area contributed by atoms with E-state index in [4.69, 9.17) is 28.1 Å². The number of aromatic hydroxyl groups is 4. The molecule has 0 saturated carbocycles. The number of phenolic OH excluding ortho intramolecular Hbond substituents is 4. The zero-order valence-corrected chi connectivity index (χ0v) is 27.7. The van der Waals surface area contributed by atoms with Crippen molar-refractivity contribution in [3.63, 3.8) is 0 Å². The lowest BCUT2D eigenvalue weighted by atomic mass is 9.99. The summed E-state index contributed by atoms with van der Waals surface area (Å²) in [5.74, 6) is -1.81. The average molecular weight is 744 g/mol. The van der Waals surface area contributed by atoms with E-state index in [1.807, 2.05) is 0 Å². The highest BCUT2D eigenvalue weighted by atomic mass is 16.7. The summed E-state index contributed by atoms with van der Waals surface area (Å²) in [6.07, 6.45) is -12.9. The molecule has 1 aromatic heterocycles. The van der Waals surface area contributed by atoms with Gasteiger partial charge in [0.1, 0.15) is 71.5 Å². The van der Waals surface area contributed by atoms with Gasteiger partial charge in [-0.15, -0.1) is 0 Å². The van der Waals surface area contributed by atoms with Gasteiger partial charge in [-0.3, -0.25) is 0 Å². The third kappa shape index (κ3) is 8.24. The molecule has 0 aliphatic carbocycles. The Kier molecular flexibility index (Phi) is 11.5. The number of ether oxygens (including phenoxy) is 5. The highest BCUT2D eigenvalue weighted by molar-refractivity contribution is 5.89. The molecule has 0 radical (unpaired) electrons. The molecule has 53 heavy (non-hydrogen) atoms. The summed E-state index contributed by atoms with van der Waals surface area (Å²) in [5, 5.41) is 113. The number of aliphatic hydroxyl groups excluding tert-OH is 7. The minimum Gasteiger partial charge on any atom is -0.508 e. The molecular formula is C36H39O17+. The molecular weight excluding hydrogens is 704 g/mol. The summed E-state index contributed by atoms with van der Waals surface area (Å²) in [6.45, 7) is -0.907. The van der Waals surface area contributed by atoms with Crippen LogP contribution in [0.1, 0.15) is 5.56 Å². The van der Waals surface area contributed by atoms with Crippen molar-refractivity contribution in [3.8, 4) is 45.8 Å². The van der Waals surface area contributed by atoms with Crippen molar-refractivity contribution in [1.82, 2.24) is 0 Å². The van der Waals surface area contributed by atoms with E-state index in [0.29, 0.717) is 0 Å². The van der Waals surface area contributed by atoms with E-state index in [1.54, 1.807) is 24.3 Å². The van der Waals surface area contributed by atoms with Gasteiger partial charge < -0.3 is 79.9 Å². The van der Waals surface area contributed by atoms with Gasteiger partial charge in [0.05, 0.1) is 31.5 Å². The summed E-state index contributed by atoms with van der Waals surface area (Å²) >= 11 is 0. The molecule has 11 N–H and O–H groups in total. The summed E-state index contributed by atoms with van der Waals surface area (Å²) in [4.78, 5) is 0. The van der Waals surface area contributed by atoms with Crippen molar-refractivity contribution in [2.45, 2.75) is 61.4 Å². The van der Waals surface area contributed by atoms with E-state index in [2.05, 4.69) is 0 Å². The zero-order valence-electron chi connectivity index (χ0n) is 27.7. The molecule has 6 rings (SSSR count). The number of hydrogen-bond donors (Lipinski definition) is 11. The van der Waals surface area contributed by atoms with Crippen molar-refractivity contribution in [2.75, 3.05) is 19.8 Å². The molecule has 284 valence electrons. The van der Waals surface area contributed by atoms with Crippen molar-refractivity contribution < 1.29 is 84.3 Å². The number of aliphatic hydroxyl groups is 7. The fourth-order valence-corrected chi connectivity index (χ4v) is 5.81. The fourth-order valence-electron chi connectivity index (χ4n) is 5.81. The Bertz CT molecular complexity index is 1900. The van der Waals surface area contributed by atoms with Gasteiger partial charge in [-0.05, 0) is 29.8 Å². The van der Waals surface area contributed by atoms with Gasteiger partial charge in [0, 0.05) is 18.2 Å². The largest absolute Gasteiger partial charge is 0.508 e. The van der Waals surface area contributed by atoms with Crippen molar-refractivity contribution in [1.29, 1.82) is 0 Å². The van der Waals surface area contributed by atoms with Gasteiger partial charge in [-0.1, -0.05) is 24.3 Å². The van der Waals surface area contributed by atoms with Gasteiger partial charge in [-0.2, -0.15) is 0 Å². The number of hydrogen-bond acceptors (Lipinski definition) is 16. The lowest BCUT2D eigenvalue weighted by Gasteiger charge is -2.40. The van der Waals surface area contributed by atoms with Crippen molar-refractivity contribution in [2.24, 2.45) is 0 Å². The van der Waals surface area contributed by atoms with Crippen molar-refractivity contribution in [3.05, 3.63) is 72.3 Å². The lowest BCUT2D eigenvalue weighted by Crippen LogP contribution is -2.60. The first-order valence-corrected chi connectivity index (χ1v) is 16.4. The maximum atomic E-state index is 10.9. The second-order valence-electron chi connectivity index (χ2n) is 12.5. The van der Waals surface area contributed by atoms with Crippen LogP contribution in [0.5, 0.6) is 34.5 Å². The first kappa shape index (κ1) is 38.0. The second kappa shape index (κ2) is 16.1. The standard InChI is InChI=1S/C36H38O17/c37-14-26-28(42)30(44)32(46)35(52-26)50-24-12-19(39)11-23-20(24)13-25(34(49-23)17-5-8-21(40)22(41)10-17)51-36-33(47)31(45)29(43)27(53-36)15-48-9-1-2-16-3-6-18(38)7-4-16/h1-8,10-13,26-33,35-37,42-47H,9,14-15H2,(H3-,38,39,40,41)/p+1/b2-1+/t26-,27-,28-,29-,30+,31+,32-,33-,35-,36-/m1/s1. The molecule has 3 heterocycles. The van der Waals surface area contributed by atoms with Crippen LogP contribution in [0.3, 0.4) is 0 Å². The Labute approximate surface area is 300 Å². The molecule has 2 aliphatic rings. The Morgan fingerprint density at radius 2 is 1.28 bits per heavy atom. The van der Waals surface area contributed by atoms with Crippen LogP contribution < -0.4 is 9.47 Å². The van der Waals surface area contributed by atoms with Crippen LogP contribution in [-0.4, -0.2) is 137 Å². The molecule has 10 atom stereocenters. The van der Waals surface area contributed by atoms with Gasteiger partial charge >= 0.3 is 11.3 Å². The highest BCUT2D eigenvalue weighted by Crippen LogP contribution is 2.43. The Morgan fingerprint density at radius 1 is 0.642 bits per heavy atom. The summed E-state index contributed by atoms with van der Waals surface area (Å²) in [6, 6.07) is 13.7. The van der Waals surface area contributed by atoms with E-state index in [9.17, 15) is 56.2 Å². The van der Waals surface area contributed by atoms with E-state index < -0.39 is 85.3 Å². The maximum Gasteiger partial charge on any atom is 0.402 e. The lowest BCUT2D eigenvalue weighted by molar-refractivity contribution is -0.279. The Balaban J connectivity index is 1.30. The predicted octanol–water partition coefficient (Wildman–Crippen LogP) is 0.298. The first-order chi connectivity index (χ1) is 25.3. The van der Waals surface area contributed by atoms with Crippen LogP contribution in [0.15, 0.2) is 71.2 Å². The van der Waals surface area contributed by atoms with E-state index in [1.165, 1.54) is 36.4 Å². The molecule has 0 unspecified atom stereocenters. The summed E-state index contributed by atoms with van der Waals surface area (Å²) in [7, 11) is 0. The third-order valence-corrected chi connectivity index (χ3v) is 8.74. The molecule has 2 aliphatic heterocycles. The number of fused-ring (bicyclic) bond motifs is 1. The molecule has 3 aromatic carbocycles. The third-order valence-electron chi connectivity index (χ3n) is 8.74. The number of rotatable bonds is 11. The topological polar surface area (TPSA) is 280 Å². The second-order valence-corrected chi connectivity index (χ2v) is 12.5. The average Bonchev–Trinajstić information content (AvgIpc) is 3.14. The van der Waals surface area contributed by atoms with Crippen LogP contribution in [0.4, 0.5) is 0 Å². The first-order valence-electron chi connectivity index (χ1n) is 16.4. The molecule has 17 heteroatoms. The molecule has 0 amide bonds. The van der Waals surface area contributed by atoms with Crippen LogP contribution in [0.2, 0.25) is 0 Å². The Hall–Kier alpha value is -4.79. The van der Waals surface area contributed by atoms with Crippen LogP contribution in [0.25, 0.3) is 28.4 Å². The smallest absolute Gasteiger partial charge is 0.402 e. The van der Waals surface area contributed by atoms with E-state index in [0.717, 1.165) is 17.7 Å². The zero-order chi connectivity index (χ0) is 38.0. The van der Waals surface area contributed by atoms with Gasteiger partial charge in [0.2, 0.25) is 18.3 Å². The van der Waals surface area contributed by atoms with Gasteiger partial charge in [0.25, 0.3) is 0 Å². The minimum atomic E-state index is -1.82. The van der Waals surface area contributed by atoms with E-state index in [-0.39, 0.29) is 52.8 Å². The summed E-state index contributed by atoms with van der Waals surface area (Å²) < 4.78 is 34.9. The SMILES string of the molecule is OC[C@H]1O[C@@H](Oc2cc(O)cc3[o+]c(-c4ccc(O)c(O)c4)c(O[C@@H]4O[C@H](COC/C=C/c5ccc(O)cc5)[C@@H](O)[C@H](O)[C@H]4O)cc23)[C@H](O)[C@@H](O)[C@@H]1O.